The van der Waals surface area contributed by atoms with Crippen LogP contribution in [0, 0.1) is 11.3 Å². The zero-order valence-electron chi connectivity index (χ0n) is 8.28. The molecule has 0 bridgehead atoms. The Hall–Kier alpha value is -1.08. The van der Waals surface area contributed by atoms with Gasteiger partial charge in [-0.2, -0.15) is 5.26 Å². The topological polar surface area (TPSA) is 64.3 Å². The molecule has 0 unspecified atom stereocenters. The summed E-state index contributed by atoms with van der Waals surface area (Å²) in [6, 6.07) is 2.42. The Morgan fingerprint density at radius 1 is 1.57 bits per heavy atom. The highest BCUT2D eigenvalue weighted by atomic mass is 16.3. The van der Waals surface area contributed by atoms with Crippen LogP contribution in [-0.4, -0.2) is 35.1 Å². The number of nitrogens with zero attached hydrogens (tertiary/aromatic N) is 2. The van der Waals surface area contributed by atoms with E-state index < -0.39 is 0 Å². The molecule has 1 amide bonds. The number of amides is 1. The van der Waals surface area contributed by atoms with E-state index in [9.17, 15) is 4.79 Å². The first-order valence-electron chi connectivity index (χ1n) is 5.07. The molecule has 0 heterocycles. The molecule has 0 radical (unpaired) electrons. The predicted molar refractivity (Wildman–Crippen MR) is 51.3 cm³/mol. The van der Waals surface area contributed by atoms with E-state index in [0.717, 1.165) is 12.8 Å². The quantitative estimate of drug-likeness (QED) is 0.678. The molecule has 0 aromatic rings. The van der Waals surface area contributed by atoms with Crippen LogP contribution in [0.5, 0.6) is 0 Å². The van der Waals surface area contributed by atoms with Gasteiger partial charge in [-0.3, -0.25) is 4.79 Å². The van der Waals surface area contributed by atoms with Crippen molar-refractivity contribution in [2.75, 3.05) is 13.2 Å². The summed E-state index contributed by atoms with van der Waals surface area (Å²) in [5.74, 6) is 0.0804. The molecule has 0 aromatic carbocycles. The molecule has 4 nitrogen and oxygen atoms in total. The lowest BCUT2D eigenvalue weighted by Gasteiger charge is -2.20. The van der Waals surface area contributed by atoms with Crippen LogP contribution in [0.25, 0.3) is 0 Å². The van der Waals surface area contributed by atoms with Crippen molar-refractivity contribution in [2.45, 2.75) is 38.1 Å². The largest absolute Gasteiger partial charge is 0.396 e. The van der Waals surface area contributed by atoms with Gasteiger partial charge in [0.05, 0.1) is 12.5 Å². The highest BCUT2D eigenvalue weighted by Gasteiger charge is 2.31. The van der Waals surface area contributed by atoms with Crippen molar-refractivity contribution >= 4 is 5.91 Å². The Kier molecular flexibility index (Phi) is 4.41. The molecule has 1 rings (SSSR count). The zero-order chi connectivity index (χ0) is 10.4. The van der Waals surface area contributed by atoms with Crippen LogP contribution in [0.4, 0.5) is 0 Å². The summed E-state index contributed by atoms with van der Waals surface area (Å²) >= 11 is 0. The fraction of sp³-hybridized carbons (Fsp3) is 0.800. The number of hydrogen-bond acceptors (Lipinski definition) is 3. The monoisotopic (exact) mass is 196 g/mol. The minimum Gasteiger partial charge on any atom is -0.396 e. The van der Waals surface area contributed by atoms with E-state index in [4.69, 9.17) is 10.4 Å². The molecule has 1 fully saturated rings. The maximum Gasteiger partial charge on any atom is 0.222 e. The van der Waals surface area contributed by atoms with Crippen molar-refractivity contribution in [3.05, 3.63) is 0 Å². The van der Waals surface area contributed by atoms with E-state index in [1.807, 2.05) is 6.07 Å². The van der Waals surface area contributed by atoms with Gasteiger partial charge in [-0.15, -0.1) is 0 Å². The first kappa shape index (κ1) is 11.0. The summed E-state index contributed by atoms with van der Waals surface area (Å²) in [6.07, 6.45) is 3.46. The standard InChI is InChI=1S/C10H16N2O2/c11-6-2-7-12(9-4-5-9)10(14)3-1-8-13/h9,13H,1-5,7-8H2. The number of hydrogen-bond donors (Lipinski definition) is 1. The van der Waals surface area contributed by atoms with Crippen LogP contribution < -0.4 is 0 Å². The van der Waals surface area contributed by atoms with Crippen molar-refractivity contribution < 1.29 is 9.90 Å². The summed E-state index contributed by atoms with van der Waals surface area (Å²) in [5, 5.41) is 17.1. The maximum atomic E-state index is 11.6. The normalized spacial score (nSPS) is 14.9. The molecular weight excluding hydrogens is 180 g/mol. The summed E-state index contributed by atoms with van der Waals surface area (Å²) in [7, 11) is 0. The van der Waals surface area contributed by atoms with E-state index in [0.29, 0.717) is 31.8 Å². The average Bonchev–Trinajstić information content (AvgIpc) is 2.99. The fourth-order valence-electron chi connectivity index (χ4n) is 1.44. The molecule has 0 spiro atoms. The second-order valence-electron chi connectivity index (χ2n) is 3.55. The van der Waals surface area contributed by atoms with Crippen LogP contribution >= 0.6 is 0 Å². The second-order valence-corrected chi connectivity index (χ2v) is 3.55. The van der Waals surface area contributed by atoms with Crippen LogP contribution in [0.15, 0.2) is 0 Å². The highest BCUT2D eigenvalue weighted by Crippen LogP contribution is 2.27. The molecule has 0 atom stereocenters. The van der Waals surface area contributed by atoms with Crippen LogP contribution in [-0.2, 0) is 4.79 Å². The van der Waals surface area contributed by atoms with E-state index in [2.05, 4.69) is 0 Å². The van der Waals surface area contributed by atoms with Gasteiger partial charge < -0.3 is 10.0 Å². The molecule has 0 saturated heterocycles. The number of carbonyl (C=O) groups is 1. The fourth-order valence-corrected chi connectivity index (χ4v) is 1.44. The first-order chi connectivity index (χ1) is 6.79. The van der Waals surface area contributed by atoms with Gasteiger partial charge in [-0.1, -0.05) is 0 Å². The zero-order valence-corrected chi connectivity index (χ0v) is 8.28. The van der Waals surface area contributed by atoms with Gasteiger partial charge in [0, 0.05) is 25.6 Å². The average molecular weight is 196 g/mol. The van der Waals surface area contributed by atoms with Gasteiger partial charge in [0.2, 0.25) is 5.91 Å². The number of nitriles is 1. The minimum atomic E-state index is 0.0580. The predicted octanol–water partition coefficient (Wildman–Crippen LogP) is 0.664. The van der Waals surface area contributed by atoms with E-state index in [1.54, 1.807) is 4.90 Å². The molecule has 78 valence electrons. The van der Waals surface area contributed by atoms with Crippen molar-refractivity contribution in [2.24, 2.45) is 0 Å². The van der Waals surface area contributed by atoms with E-state index in [-0.39, 0.29) is 12.5 Å². The third kappa shape index (κ3) is 3.35. The van der Waals surface area contributed by atoms with Gasteiger partial charge in [0.15, 0.2) is 0 Å². The summed E-state index contributed by atoms with van der Waals surface area (Å²) in [6.45, 7) is 0.605. The van der Waals surface area contributed by atoms with Gasteiger partial charge in [0.1, 0.15) is 0 Å². The summed E-state index contributed by atoms with van der Waals surface area (Å²) in [5.41, 5.74) is 0. The van der Waals surface area contributed by atoms with Crippen LogP contribution in [0.3, 0.4) is 0 Å². The number of aliphatic hydroxyl groups is 1. The van der Waals surface area contributed by atoms with Crippen molar-refractivity contribution in [3.63, 3.8) is 0 Å². The third-order valence-corrected chi connectivity index (χ3v) is 2.32. The van der Waals surface area contributed by atoms with E-state index in [1.165, 1.54) is 0 Å². The lowest BCUT2D eigenvalue weighted by Crippen LogP contribution is -2.33. The summed E-state index contributed by atoms with van der Waals surface area (Å²) in [4.78, 5) is 13.4. The van der Waals surface area contributed by atoms with Gasteiger partial charge in [-0.05, 0) is 19.3 Å². The molecule has 0 aromatic heterocycles. The van der Waals surface area contributed by atoms with Gasteiger partial charge >= 0.3 is 0 Å². The smallest absolute Gasteiger partial charge is 0.222 e. The molecule has 4 heteroatoms. The molecule has 1 aliphatic carbocycles. The first-order valence-corrected chi connectivity index (χ1v) is 5.07. The van der Waals surface area contributed by atoms with E-state index >= 15 is 0 Å². The lowest BCUT2D eigenvalue weighted by atomic mass is 10.2. The van der Waals surface area contributed by atoms with Crippen molar-refractivity contribution in [3.8, 4) is 6.07 Å². The summed E-state index contributed by atoms with van der Waals surface area (Å²) < 4.78 is 0. The van der Waals surface area contributed by atoms with Crippen LogP contribution in [0.1, 0.15) is 32.1 Å². The van der Waals surface area contributed by atoms with Gasteiger partial charge in [0.25, 0.3) is 0 Å². The Bertz CT molecular complexity index is 231. The Morgan fingerprint density at radius 3 is 2.79 bits per heavy atom. The second kappa shape index (κ2) is 5.61. The molecule has 14 heavy (non-hydrogen) atoms. The lowest BCUT2D eigenvalue weighted by molar-refractivity contribution is -0.132. The number of rotatable bonds is 6. The SMILES string of the molecule is N#CCCN(C(=O)CCCO)C1CC1. The molecule has 1 aliphatic rings. The number of aliphatic hydroxyl groups excluding tert-OH is 1. The Balaban J connectivity index is 2.33. The molecule has 1 saturated carbocycles. The third-order valence-electron chi connectivity index (χ3n) is 2.32. The Labute approximate surface area is 84.1 Å². The minimum absolute atomic E-state index is 0.0580. The maximum absolute atomic E-state index is 11.6. The van der Waals surface area contributed by atoms with Crippen LogP contribution in [0.2, 0.25) is 0 Å². The van der Waals surface area contributed by atoms with Gasteiger partial charge in [-0.25, -0.2) is 0 Å². The highest BCUT2D eigenvalue weighted by molar-refractivity contribution is 5.76. The molecule has 0 aliphatic heterocycles. The molecule has 1 N–H and O–H groups in total. The number of carbonyl (C=O) groups excluding carboxylic acids is 1. The van der Waals surface area contributed by atoms with Crippen molar-refractivity contribution in [1.29, 1.82) is 5.26 Å². The molecular formula is C10H16N2O2. The Morgan fingerprint density at radius 2 is 2.29 bits per heavy atom. The van der Waals surface area contributed by atoms with Crippen molar-refractivity contribution in [1.82, 2.24) is 4.90 Å².